The Hall–Kier alpha value is -2.58. The lowest BCUT2D eigenvalue weighted by molar-refractivity contribution is -0.146. The molecule has 2 N–H and O–H groups in total. The highest BCUT2D eigenvalue weighted by Crippen LogP contribution is 2.23. The monoisotopic (exact) mass is 424 g/mol. The van der Waals surface area contributed by atoms with Gasteiger partial charge < -0.3 is 10.1 Å². The smallest absolute Gasteiger partial charge is 0.325 e. The van der Waals surface area contributed by atoms with Gasteiger partial charge in [-0.1, -0.05) is 23.7 Å². The van der Waals surface area contributed by atoms with Gasteiger partial charge in [0.1, 0.15) is 6.54 Å². The molecular formula is C19H21ClN2O5S. The molecule has 2 aromatic rings. The van der Waals surface area contributed by atoms with Gasteiger partial charge in [0.25, 0.3) is 15.9 Å². The number of sulfonamides is 1. The molecule has 0 aliphatic rings. The minimum atomic E-state index is -3.93. The molecule has 0 aliphatic heterocycles. The zero-order chi connectivity index (χ0) is 20.9. The molecule has 28 heavy (non-hydrogen) atoms. The number of hydrogen-bond donors (Lipinski definition) is 2. The first-order valence-corrected chi connectivity index (χ1v) is 10.3. The van der Waals surface area contributed by atoms with Gasteiger partial charge in [0.15, 0.2) is 0 Å². The molecule has 0 unspecified atom stereocenters. The van der Waals surface area contributed by atoms with Crippen LogP contribution in [-0.4, -0.2) is 32.9 Å². The highest BCUT2D eigenvalue weighted by Gasteiger charge is 2.20. The molecule has 0 fully saturated rings. The Morgan fingerprint density at radius 1 is 1.14 bits per heavy atom. The number of ether oxygens (including phenoxy) is 1. The number of nitrogens with one attached hydrogen (secondary N) is 2. The van der Waals surface area contributed by atoms with Crippen molar-refractivity contribution in [3.63, 3.8) is 0 Å². The number of aryl methyl sites for hydroxylation is 1. The number of rotatable bonds is 7. The zero-order valence-corrected chi connectivity index (χ0v) is 17.2. The fourth-order valence-corrected chi connectivity index (χ4v) is 3.60. The van der Waals surface area contributed by atoms with Crippen LogP contribution < -0.4 is 10.0 Å². The molecule has 9 heteroatoms. The van der Waals surface area contributed by atoms with Crippen LogP contribution in [0.15, 0.2) is 47.4 Å². The first-order chi connectivity index (χ1) is 13.1. The van der Waals surface area contributed by atoms with Gasteiger partial charge in [0, 0.05) is 5.69 Å². The minimum absolute atomic E-state index is 0.0595. The van der Waals surface area contributed by atoms with Crippen molar-refractivity contribution in [2.75, 3.05) is 11.3 Å². The summed E-state index contributed by atoms with van der Waals surface area (Å²) >= 11 is 6.03. The number of esters is 1. The standard InChI is InChI=1S/C19H21ClN2O5S/c1-12(2)27-18(23)11-21-19(24)16-10-15(7-8-17(16)20)28(25,26)22-14-6-4-5-13(3)9-14/h4-10,12,22H,11H2,1-3H3,(H,21,24). The van der Waals surface area contributed by atoms with E-state index in [1.165, 1.54) is 12.1 Å². The van der Waals surface area contributed by atoms with Gasteiger partial charge in [-0.05, 0) is 56.7 Å². The third-order valence-electron chi connectivity index (χ3n) is 3.52. The summed E-state index contributed by atoms with van der Waals surface area (Å²) in [6.07, 6.45) is -0.311. The maximum Gasteiger partial charge on any atom is 0.325 e. The van der Waals surface area contributed by atoms with Crippen LogP contribution >= 0.6 is 11.6 Å². The number of carbonyl (C=O) groups is 2. The highest BCUT2D eigenvalue weighted by atomic mass is 35.5. The molecule has 0 heterocycles. The average Bonchev–Trinajstić information content (AvgIpc) is 2.59. The van der Waals surface area contributed by atoms with E-state index in [9.17, 15) is 18.0 Å². The Labute approximate surface area is 169 Å². The second-order valence-electron chi connectivity index (χ2n) is 6.34. The van der Waals surface area contributed by atoms with Crippen LogP contribution in [0.3, 0.4) is 0 Å². The second-order valence-corrected chi connectivity index (χ2v) is 8.43. The van der Waals surface area contributed by atoms with E-state index in [2.05, 4.69) is 10.0 Å². The summed E-state index contributed by atoms with van der Waals surface area (Å²) in [7, 11) is -3.93. The quantitative estimate of drug-likeness (QED) is 0.665. The molecule has 0 radical (unpaired) electrons. The molecule has 1 amide bonds. The van der Waals surface area contributed by atoms with Gasteiger partial charge in [-0.3, -0.25) is 14.3 Å². The van der Waals surface area contributed by atoms with Crippen LogP contribution in [0.2, 0.25) is 5.02 Å². The van der Waals surface area contributed by atoms with Crippen LogP contribution in [-0.2, 0) is 19.6 Å². The maximum absolute atomic E-state index is 12.6. The normalized spacial score (nSPS) is 11.2. The van der Waals surface area contributed by atoms with Crippen molar-refractivity contribution >= 4 is 39.2 Å². The van der Waals surface area contributed by atoms with Crippen molar-refractivity contribution in [2.45, 2.75) is 31.8 Å². The fourth-order valence-electron chi connectivity index (χ4n) is 2.32. The SMILES string of the molecule is Cc1cccc(NS(=O)(=O)c2ccc(Cl)c(C(=O)NCC(=O)OC(C)C)c2)c1. The molecule has 0 aromatic heterocycles. The summed E-state index contributed by atoms with van der Waals surface area (Å²) in [6.45, 7) is 4.86. The first-order valence-electron chi connectivity index (χ1n) is 8.45. The van der Waals surface area contributed by atoms with E-state index < -0.39 is 21.9 Å². The number of benzene rings is 2. The van der Waals surface area contributed by atoms with Gasteiger partial charge in [-0.25, -0.2) is 8.42 Å². The molecule has 2 rings (SSSR count). The molecule has 7 nitrogen and oxygen atoms in total. The molecule has 2 aromatic carbocycles. The Morgan fingerprint density at radius 3 is 2.50 bits per heavy atom. The molecule has 150 valence electrons. The number of hydrogen-bond acceptors (Lipinski definition) is 5. The summed E-state index contributed by atoms with van der Waals surface area (Å²) in [5.41, 5.74) is 1.23. The lowest BCUT2D eigenvalue weighted by atomic mass is 10.2. The average molecular weight is 425 g/mol. The van der Waals surface area contributed by atoms with Gasteiger partial charge >= 0.3 is 5.97 Å². The highest BCUT2D eigenvalue weighted by molar-refractivity contribution is 7.92. The van der Waals surface area contributed by atoms with Crippen molar-refractivity contribution < 1.29 is 22.7 Å². The molecule has 0 aliphatic carbocycles. The predicted molar refractivity (Wildman–Crippen MR) is 107 cm³/mol. The van der Waals surface area contributed by atoms with Crippen molar-refractivity contribution in [3.05, 3.63) is 58.6 Å². The summed E-state index contributed by atoms with van der Waals surface area (Å²) in [6, 6.07) is 10.6. The van der Waals surface area contributed by atoms with Crippen molar-refractivity contribution in [2.24, 2.45) is 0 Å². The summed E-state index contributed by atoms with van der Waals surface area (Å²) in [4.78, 5) is 23.7. The predicted octanol–water partition coefficient (Wildman–Crippen LogP) is 3.13. The van der Waals surface area contributed by atoms with Crippen LogP contribution in [0.5, 0.6) is 0 Å². The summed E-state index contributed by atoms with van der Waals surface area (Å²) < 4.78 is 32.6. The van der Waals surface area contributed by atoms with Crippen molar-refractivity contribution in [3.8, 4) is 0 Å². The number of halogens is 1. The minimum Gasteiger partial charge on any atom is -0.462 e. The van der Waals surface area contributed by atoms with Crippen molar-refractivity contribution in [1.82, 2.24) is 5.32 Å². The molecule has 0 saturated carbocycles. The number of amides is 1. The largest absolute Gasteiger partial charge is 0.462 e. The topological polar surface area (TPSA) is 102 Å². The first kappa shape index (κ1) is 21.7. The summed E-state index contributed by atoms with van der Waals surface area (Å²) in [5.74, 6) is -1.29. The Kier molecular flexibility index (Phi) is 7.04. The second kappa shape index (κ2) is 9.07. The van der Waals surface area contributed by atoms with E-state index in [-0.39, 0.29) is 28.1 Å². The van der Waals surface area contributed by atoms with Crippen LogP contribution in [0.4, 0.5) is 5.69 Å². The van der Waals surface area contributed by atoms with E-state index in [1.807, 2.05) is 13.0 Å². The lowest BCUT2D eigenvalue weighted by Crippen LogP contribution is -2.32. The van der Waals surface area contributed by atoms with Gasteiger partial charge in [-0.2, -0.15) is 0 Å². The Bertz CT molecular complexity index is 990. The van der Waals surface area contributed by atoms with Crippen LogP contribution in [0, 0.1) is 6.92 Å². The third-order valence-corrected chi connectivity index (χ3v) is 5.23. The number of anilines is 1. The van der Waals surface area contributed by atoms with Crippen LogP contribution in [0.1, 0.15) is 29.8 Å². The molecule has 0 bridgehead atoms. The summed E-state index contributed by atoms with van der Waals surface area (Å²) in [5, 5.41) is 2.43. The Morgan fingerprint density at radius 2 is 1.86 bits per heavy atom. The lowest BCUT2D eigenvalue weighted by Gasteiger charge is -2.12. The van der Waals surface area contributed by atoms with E-state index in [0.717, 1.165) is 11.6 Å². The molecule has 0 spiro atoms. The molecule has 0 atom stereocenters. The van der Waals surface area contributed by atoms with Gasteiger partial charge in [0.05, 0.1) is 21.6 Å². The van der Waals surface area contributed by atoms with Crippen molar-refractivity contribution in [1.29, 1.82) is 0 Å². The molecular weight excluding hydrogens is 404 g/mol. The number of carbonyl (C=O) groups excluding carboxylic acids is 2. The maximum atomic E-state index is 12.6. The molecule has 0 saturated heterocycles. The Balaban J connectivity index is 2.19. The van der Waals surface area contributed by atoms with Crippen LogP contribution in [0.25, 0.3) is 0 Å². The van der Waals surface area contributed by atoms with Gasteiger partial charge in [-0.15, -0.1) is 0 Å². The van der Waals surface area contributed by atoms with E-state index in [4.69, 9.17) is 16.3 Å². The van der Waals surface area contributed by atoms with E-state index in [0.29, 0.717) is 5.69 Å². The third kappa shape index (κ3) is 5.97. The van der Waals surface area contributed by atoms with E-state index in [1.54, 1.807) is 32.0 Å². The fraction of sp³-hybridized carbons (Fsp3) is 0.263. The van der Waals surface area contributed by atoms with Gasteiger partial charge in [0.2, 0.25) is 0 Å². The zero-order valence-electron chi connectivity index (χ0n) is 15.7. The van der Waals surface area contributed by atoms with E-state index >= 15 is 0 Å².